The molecular formula is C21H25N3O5. The fourth-order valence-corrected chi connectivity index (χ4v) is 3.34. The van der Waals surface area contributed by atoms with Crippen molar-refractivity contribution in [3.8, 4) is 17.2 Å². The molecule has 1 heterocycles. The first-order valence-corrected chi connectivity index (χ1v) is 9.26. The molecule has 1 atom stereocenters. The first-order valence-electron chi connectivity index (χ1n) is 9.26. The van der Waals surface area contributed by atoms with Crippen LogP contribution in [0.4, 0.5) is 16.2 Å². The van der Waals surface area contributed by atoms with E-state index >= 15 is 0 Å². The Hall–Kier alpha value is -3.42. The zero-order valence-electron chi connectivity index (χ0n) is 16.7. The Morgan fingerprint density at radius 3 is 2.31 bits per heavy atom. The molecule has 1 aliphatic rings. The molecule has 1 saturated heterocycles. The van der Waals surface area contributed by atoms with Crippen molar-refractivity contribution < 1.29 is 23.8 Å². The molecule has 2 aromatic rings. The van der Waals surface area contributed by atoms with E-state index in [9.17, 15) is 9.59 Å². The van der Waals surface area contributed by atoms with E-state index < -0.39 is 0 Å². The third-order valence-corrected chi connectivity index (χ3v) is 4.75. The van der Waals surface area contributed by atoms with Gasteiger partial charge in [-0.3, -0.25) is 4.79 Å². The van der Waals surface area contributed by atoms with Gasteiger partial charge in [0.1, 0.15) is 0 Å². The summed E-state index contributed by atoms with van der Waals surface area (Å²) in [6, 6.07) is 12.5. The highest BCUT2D eigenvalue weighted by Crippen LogP contribution is 2.39. The summed E-state index contributed by atoms with van der Waals surface area (Å²) in [5.41, 5.74) is 1.38. The van der Waals surface area contributed by atoms with Gasteiger partial charge in [0.05, 0.1) is 27.0 Å². The highest BCUT2D eigenvalue weighted by molar-refractivity contribution is 5.96. The predicted octanol–water partition coefficient (Wildman–Crippen LogP) is 2.89. The van der Waals surface area contributed by atoms with Crippen LogP contribution in [0.2, 0.25) is 0 Å². The molecule has 2 aromatic carbocycles. The summed E-state index contributed by atoms with van der Waals surface area (Å²) in [7, 11) is 4.54. The lowest BCUT2D eigenvalue weighted by Crippen LogP contribution is -2.34. The lowest BCUT2D eigenvalue weighted by molar-refractivity contribution is -0.117. The van der Waals surface area contributed by atoms with Gasteiger partial charge in [-0.1, -0.05) is 18.2 Å². The van der Waals surface area contributed by atoms with Crippen molar-refractivity contribution in [3.05, 3.63) is 42.5 Å². The van der Waals surface area contributed by atoms with Crippen molar-refractivity contribution in [3.63, 3.8) is 0 Å². The highest BCUT2D eigenvalue weighted by atomic mass is 16.5. The molecule has 0 spiro atoms. The van der Waals surface area contributed by atoms with Gasteiger partial charge in [-0.2, -0.15) is 0 Å². The number of ether oxygens (including phenoxy) is 3. The monoisotopic (exact) mass is 399 g/mol. The second-order valence-corrected chi connectivity index (χ2v) is 6.66. The molecular weight excluding hydrogens is 374 g/mol. The standard InChI is InChI=1S/C21H25N3O5/c1-27-17-10-15(11-18(28-2)20(17)29-3)23-21(26)22-12-14-9-19(25)24(13-14)16-7-5-4-6-8-16/h4-8,10-11,14H,9,12-13H2,1-3H3,(H2,22,23,26)/t14-/m1/s1. The fraction of sp³-hybridized carbons (Fsp3) is 0.333. The van der Waals surface area contributed by atoms with Crippen LogP contribution in [-0.4, -0.2) is 46.4 Å². The van der Waals surface area contributed by atoms with E-state index in [4.69, 9.17) is 14.2 Å². The molecule has 2 N–H and O–H groups in total. The lowest BCUT2D eigenvalue weighted by atomic mass is 10.1. The zero-order valence-corrected chi connectivity index (χ0v) is 16.7. The van der Waals surface area contributed by atoms with Gasteiger partial charge in [-0.25, -0.2) is 4.79 Å². The summed E-state index contributed by atoms with van der Waals surface area (Å²) in [5, 5.41) is 5.58. The van der Waals surface area contributed by atoms with Crippen LogP contribution in [0.5, 0.6) is 17.2 Å². The van der Waals surface area contributed by atoms with Crippen LogP contribution >= 0.6 is 0 Å². The number of hydrogen-bond acceptors (Lipinski definition) is 5. The van der Waals surface area contributed by atoms with Gasteiger partial charge in [0.25, 0.3) is 0 Å². The number of para-hydroxylation sites is 1. The van der Waals surface area contributed by atoms with E-state index in [0.717, 1.165) is 5.69 Å². The highest BCUT2D eigenvalue weighted by Gasteiger charge is 2.30. The number of rotatable bonds is 7. The Bertz CT molecular complexity index is 847. The van der Waals surface area contributed by atoms with E-state index in [1.54, 1.807) is 17.0 Å². The Morgan fingerprint density at radius 2 is 1.72 bits per heavy atom. The number of anilines is 2. The van der Waals surface area contributed by atoms with E-state index in [1.807, 2.05) is 30.3 Å². The maximum Gasteiger partial charge on any atom is 0.319 e. The van der Waals surface area contributed by atoms with Crippen molar-refractivity contribution in [2.75, 3.05) is 44.6 Å². The Kier molecular flexibility index (Phi) is 6.43. The lowest BCUT2D eigenvalue weighted by Gasteiger charge is -2.17. The van der Waals surface area contributed by atoms with Gasteiger partial charge in [0.2, 0.25) is 11.7 Å². The van der Waals surface area contributed by atoms with Gasteiger partial charge in [-0.05, 0) is 12.1 Å². The first kappa shape index (κ1) is 20.3. The number of benzene rings is 2. The molecule has 8 heteroatoms. The van der Waals surface area contributed by atoms with Crippen molar-refractivity contribution in [1.29, 1.82) is 0 Å². The Morgan fingerprint density at radius 1 is 1.07 bits per heavy atom. The molecule has 0 bridgehead atoms. The summed E-state index contributed by atoms with van der Waals surface area (Å²) in [6.45, 7) is 0.971. The molecule has 0 radical (unpaired) electrons. The number of carbonyl (C=O) groups excluding carboxylic acids is 2. The minimum atomic E-state index is -0.370. The van der Waals surface area contributed by atoms with Crippen molar-refractivity contribution >= 4 is 23.3 Å². The van der Waals surface area contributed by atoms with Gasteiger partial charge >= 0.3 is 6.03 Å². The molecule has 1 aliphatic heterocycles. The van der Waals surface area contributed by atoms with Gasteiger partial charge in [-0.15, -0.1) is 0 Å². The zero-order chi connectivity index (χ0) is 20.8. The van der Waals surface area contributed by atoms with E-state index in [-0.39, 0.29) is 17.9 Å². The van der Waals surface area contributed by atoms with E-state index in [0.29, 0.717) is 42.4 Å². The summed E-state index contributed by atoms with van der Waals surface area (Å²) < 4.78 is 15.9. The second-order valence-electron chi connectivity index (χ2n) is 6.66. The van der Waals surface area contributed by atoms with Crippen molar-refractivity contribution in [2.24, 2.45) is 5.92 Å². The maximum atomic E-state index is 12.3. The molecule has 0 aromatic heterocycles. The molecule has 0 saturated carbocycles. The van der Waals surface area contributed by atoms with Gasteiger partial charge < -0.3 is 29.7 Å². The van der Waals surface area contributed by atoms with Crippen LogP contribution in [0.1, 0.15) is 6.42 Å². The molecule has 29 heavy (non-hydrogen) atoms. The normalized spacial score (nSPS) is 15.8. The van der Waals surface area contributed by atoms with Crippen LogP contribution in [0.3, 0.4) is 0 Å². The fourth-order valence-electron chi connectivity index (χ4n) is 3.34. The van der Waals surface area contributed by atoms with Crippen molar-refractivity contribution in [1.82, 2.24) is 5.32 Å². The van der Waals surface area contributed by atoms with Gasteiger partial charge in [0.15, 0.2) is 11.5 Å². The quantitative estimate of drug-likeness (QED) is 0.747. The van der Waals surface area contributed by atoms with Crippen LogP contribution in [-0.2, 0) is 4.79 Å². The number of nitrogens with zero attached hydrogens (tertiary/aromatic N) is 1. The van der Waals surface area contributed by atoms with E-state index in [1.165, 1.54) is 21.3 Å². The minimum absolute atomic E-state index is 0.0494. The average Bonchev–Trinajstić information content (AvgIpc) is 3.12. The number of hydrogen-bond donors (Lipinski definition) is 2. The second kappa shape index (κ2) is 9.18. The van der Waals surface area contributed by atoms with Crippen molar-refractivity contribution in [2.45, 2.75) is 6.42 Å². The predicted molar refractivity (Wildman–Crippen MR) is 110 cm³/mol. The Balaban J connectivity index is 1.57. The number of carbonyl (C=O) groups is 2. The summed E-state index contributed by atoms with van der Waals surface area (Å²) in [5.74, 6) is 1.46. The van der Waals surface area contributed by atoms with Crippen LogP contribution in [0.15, 0.2) is 42.5 Å². The van der Waals surface area contributed by atoms with Gasteiger partial charge in [0, 0.05) is 43.2 Å². The van der Waals surface area contributed by atoms with E-state index in [2.05, 4.69) is 10.6 Å². The minimum Gasteiger partial charge on any atom is -0.493 e. The number of nitrogens with one attached hydrogen (secondary N) is 2. The summed E-state index contributed by atoms with van der Waals surface area (Å²) in [6.07, 6.45) is 0.402. The van der Waals surface area contributed by atoms with Crippen LogP contribution in [0, 0.1) is 5.92 Å². The third-order valence-electron chi connectivity index (χ3n) is 4.75. The molecule has 8 nitrogen and oxygen atoms in total. The molecule has 3 amide bonds. The largest absolute Gasteiger partial charge is 0.493 e. The SMILES string of the molecule is COc1cc(NC(=O)NC[C@H]2CC(=O)N(c3ccccc3)C2)cc(OC)c1OC. The topological polar surface area (TPSA) is 89.1 Å². The molecule has 0 aliphatic carbocycles. The molecule has 0 unspecified atom stereocenters. The average molecular weight is 399 g/mol. The number of urea groups is 1. The summed E-state index contributed by atoms with van der Waals surface area (Å²) in [4.78, 5) is 26.4. The number of methoxy groups -OCH3 is 3. The smallest absolute Gasteiger partial charge is 0.319 e. The summed E-state index contributed by atoms with van der Waals surface area (Å²) >= 11 is 0. The van der Waals surface area contributed by atoms with Crippen LogP contribution < -0.4 is 29.7 Å². The molecule has 3 rings (SSSR count). The molecule has 1 fully saturated rings. The van der Waals surface area contributed by atoms with Crippen LogP contribution in [0.25, 0.3) is 0 Å². The Labute approximate surface area is 169 Å². The third kappa shape index (κ3) is 4.71. The number of amides is 3. The first-order chi connectivity index (χ1) is 14.0. The molecule has 154 valence electrons. The maximum absolute atomic E-state index is 12.3.